The molecule has 0 spiro atoms. The highest BCUT2D eigenvalue weighted by Crippen LogP contribution is 2.43. The number of hydrogen-bond donors (Lipinski definition) is 10. The summed E-state index contributed by atoms with van der Waals surface area (Å²) in [5, 5.41) is 77.9. The summed E-state index contributed by atoms with van der Waals surface area (Å²) < 4.78 is 21.8. The largest absolute Gasteiger partial charge is 0.508 e. The minimum atomic E-state index is -1.53. The predicted molar refractivity (Wildman–Crippen MR) is 516 cm³/mol. The van der Waals surface area contributed by atoms with Crippen molar-refractivity contribution in [1.82, 2.24) is 30.7 Å². The van der Waals surface area contributed by atoms with Crippen molar-refractivity contribution in [2.24, 2.45) is 35.5 Å². The van der Waals surface area contributed by atoms with Gasteiger partial charge in [-0.2, -0.15) is 0 Å². The number of hydrogen-bond acceptors (Lipinski definition) is 20. The average molecular weight is 1850 g/mol. The van der Waals surface area contributed by atoms with Crippen LogP contribution in [0.4, 0.5) is 4.79 Å². The van der Waals surface area contributed by atoms with Crippen LogP contribution in [-0.2, 0) is 123 Å². The second-order valence-corrected chi connectivity index (χ2v) is 36.6. The topological polar surface area (TPSA) is 327 Å². The molecule has 6 aliphatic heterocycles. The van der Waals surface area contributed by atoms with Crippen molar-refractivity contribution in [2.45, 2.75) is 287 Å². The molecular weight excluding hydrogens is 1700 g/mol. The van der Waals surface area contributed by atoms with E-state index in [1.807, 2.05) is 102 Å². The number of esters is 2. The first kappa shape index (κ1) is 108. The van der Waals surface area contributed by atoms with Crippen LogP contribution in [-0.4, -0.2) is 152 Å². The van der Waals surface area contributed by atoms with Gasteiger partial charge in [-0.25, -0.2) is 14.4 Å². The minimum Gasteiger partial charge on any atom is -0.508 e. The molecule has 2 aliphatic carbocycles. The van der Waals surface area contributed by atoms with Gasteiger partial charge >= 0.3 is 18.0 Å². The van der Waals surface area contributed by atoms with Gasteiger partial charge in [-0.3, -0.25) is 14.4 Å². The van der Waals surface area contributed by atoms with Gasteiger partial charge < -0.3 is 85.3 Å². The van der Waals surface area contributed by atoms with Crippen LogP contribution < -0.4 is 20.7 Å². The first-order valence-corrected chi connectivity index (χ1v) is 45.6. The number of fused-ring (bicyclic) bond motifs is 6. The Morgan fingerprint density at radius 3 is 1.22 bits per heavy atom. The third-order valence-electron chi connectivity index (χ3n) is 27.5. The lowest BCUT2D eigenvalue weighted by Gasteiger charge is -2.37. The monoisotopic (exact) mass is 1850 g/mol. The number of nitrogens with zero attached hydrogens (tertiary/aromatic N) is 3. The molecule has 7 aromatic carbocycles. The molecule has 0 saturated heterocycles. The van der Waals surface area contributed by atoms with Crippen molar-refractivity contribution in [1.29, 1.82) is 0 Å². The van der Waals surface area contributed by atoms with E-state index in [0.717, 1.165) is 184 Å². The Hall–Kier alpha value is -9.56. The van der Waals surface area contributed by atoms with Crippen molar-refractivity contribution < 1.29 is 83.5 Å². The number of nitrogens with one attached hydrogen (secondary N) is 3. The molecular formula is C105H151BrN6O17. The fraction of sp³-hybridized carbons (Fsp3) is 0.543. The van der Waals surface area contributed by atoms with Crippen molar-refractivity contribution in [3.05, 3.63) is 205 Å². The third-order valence-corrected chi connectivity index (χ3v) is 27.5. The van der Waals surface area contributed by atoms with Crippen LogP contribution in [0.15, 0.2) is 60.7 Å². The highest BCUT2D eigenvalue weighted by Gasteiger charge is 2.39. The molecule has 0 bridgehead atoms. The summed E-state index contributed by atoms with van der Waals surface area (Å²) >= 11 is 0. The number of aromatic hydroxyl groups is 5. The number of amides is 3. The van der Waals surface area contributed by atoms with Crippen molar-refractivity contribution in [2.75, 3.05) is 53.5 Å². The number of carbonyl (C=O) groups is 6. The highest BCUT2D eigenvalue weighted by molar-refractivity contribution is 8.93. The second-order valence-electron chi connectivity index (χ2n) is 36.6. The van der Waals surface area contributed by atoms with Crippen LogP contribution in [0.1, 0.15) is 252 Å². The van der Waals surface area contributed by atoms with Gasteiger partial charge in [0, 0.05) is 85.4 Å². The van der Waals surface area contributed by atoms with E-state index >= 15 is 0 Å². The molecule has 7 aromatic rings. The van der Waals surface area contributed by atoms with Crippen LogP contribution in [0.3, 0.4) is 0 Å². The number of phenolic OH excluding ortho intramolecular Hbond substituents is 5. The van der Waals surface area contributed by atoms with Gasteiger partial charge in [0.2, 0.25) is 18.1 Å². The zero-order valence-electron chi connectivity index (χ0n) is 80.2. The van der Waals surface area contributed by atoms with E-state index in [1.54, 1.807) is 36.8 Å². The van der Waals surface area contributed by atoms with E-state index in [9.17, 15) is 59.4 Å². The molecule has 6 heterocycles. The molecule has 129 heavy (non-hydrogen) atoms. The predicted octanol–water partition coefficient (Wildman–Crippen LogP) is 17.8. The fourth-order valence-electron chi connectivity index (χ4n) is 19.5. The maximum Gasteiger partial charge on any atom is 0.410 e. The first-order chi connectivity index (χ1) is 60.3. The Bertz CT molecular complexity index is 4940. The zero-order valence-corrected chi connectivity index (χ0v) is 81.9. The lowest BCUT2D eigenvalue weighted by atomic mass is 9.75. The van der Waals surface area contributed by atoms with Crippen molar-refractivity contribution in [3.63, 3.8) is 0 Å². The summed E-state index contributed by atoms with van der Waals surface area (Å²) in [5.41, 5.74) is 28.7. The number of aldehydes is 1. The van der Waals surface area contributed by atoms with E-state index in [4.69, 9.17) is 24.1 Å². The molecule has 15 rings (SSSR count). The van der Waals surface area contributed by atoms with E-state index in [-0.39, 0.29) is 84.6 Å². The maximum atomic E-state index is 13.0. The van der Waals surface area contributed by atoms with Gasteiger partial charge in [0.05, 0.1) is 7.11 Å². The number of carbonyl (C=O) groups excluding carboxylic acids is 6. The SMILES string of the molecule is Br.C.CC(=O)N1CCc2c(C)c([C@H](O)C(=O)O[C@@H]3C[C@H](C)CC[C@H]3C(C)C)c(O)c(C)c2C1.CC(=O)N1CCc2c(C)cc(O)c(C)c2C1.CC(C)[C@@H]1CC[C@@H](C)C[C@H]1OC(=O)C=O.CO.COc1cc(C)c2c(c1C)CNCC2.Cc1cc(O)c(C)c2c1CCN(C(=O)OCc1ccccc1)C2.Cc1cc(O)c(C)c2c1CCNC2.Cc1cc(O)c(C)c2c1CCNC2. The number of aliphatic hydroxyl groups is 2. The Balaban J connectivity index is 0.000000236. The smallest absolute Gasteiger partial charge is 0.410 e. The first-order valence-electron chi connectivity index (χ1n) is 45.6. The van der Waals surface area contributed by atoms with Crippen LogP contribution in [0.5, 0.6) is 34.5 Å². The molecule has 2 saturated carbocycles. The van der Waals surface area contributed by atoms with Crippen LogP contribution in [0, 0.1) is 119 Å². The van der Waals surface area contributed by atoms with Gasteiger partial charge in [-0.1, -0.05) is 92.1 Å². The fourth-order valence-corrected chi connectivity index (χ4v) is 19.5. The van der Waals surface area contributed by atoms with Crippen LogP contribution >= 0.6 is 17.0 Å². The number of phenols is 5. The summed E-state index contributed by atoms with van der Waals surface area (Å²) in [7, 11) is 2.74. The number of aliphatic hydroxyl groups excluding tert-OH is 2. The molecule has 2 fully saturated rings. The quantitative estimate of drug-likeness (QED) is 0.0263. The number of benzene rings is 7. The normalized spacial score (nSPS) is 18.6. The zero-order chi connectivity index (χ0) is 93.7. The third kappa shape index (κ3) is 27.5. The number of rotatable bonds is 10. The van der Waals surface area contributed by atoms with Gasteiger partial charge in [0.15, 0.2) is 6.10 Å². The standard InChI is InChI=1S/C25H37NO5.C19H21NO3.C13H17NO2.C12H17NO.C12H20O3.2C11H15NO.CH4O.CH4.BrH/c1-13(2)18-8-7-14(3)11-21(18)31-25(30)24(29)22-15(4)19-9-10-26(17(6)27)12-20(19)16(5)23(22)28;1-13-10-18(21)14(2)17-11-20(9-8-16(13)17)19(22)23-12-15-6-4-3-5-7-15;1-8-6-13(16)9(2)12-7-14(10(3)15)5-4-11(8)12;1-8-6-12(14-3)9(2)11-7-13-5-4-10(8)11;1-8(2)10-5-4-9(3)6-11(10)15-12(14)7-13;2*1-7-5-11(13)8(2)10-6-12-4-3-9(7)10;1-2;;/h13-14,18,21,24,28-29H,7-12H2,1-6H3;3-7,10,21H,8-9,11-12H2,1-2H3;6,16H,4-5,7H2,1-3H3;6,13H,4-5,7H2,1-3H3;7-11H,4-6H2,1-3H3;2*5,12-13H,3-4,6H2,1-2H3;2H,1H3;1H4;1H/t14-,18+,21-,24+;;;;9-,10+,11-;;;;;/m1...1...../s1. The number of ether oxygens (including phenoxy) is 4. The summed E-state index contributed by atoms with van der Waals surface area (Å²) in [6, 6.07) is 19.2. The van der Waals surface area contributed by atoms with Gasteiger partial charge in [-0.15, -0.1) is 17.0 Å². The summed E-state index contributed by atoms with van der Waals surface area (Å²) in [6.45, 7) is 49.7. The summed E-state index contributed by atoms with van der Waals surface area (Å²) in [5.74, 6) is 3.77. The summed E-state index contributed by atoms with van der Waals surface area (Å²) in [4.78, 5) is 74.9. The van der Waals surface area contributed by atoms with E-state index in [0.29, 0.717) is 103 Å². The Morgan fingerprint density at radius 1 is 0.465 bits per heavy atom. The second kappa shape index (κ2) is 50.2. The lowest BCUT2D eigenvalue weighted by molar-refractivity contribution is -0.166. The molecule has 10 N–H and O–H groups in total. The molecule has 710 valence electrons. The molecule has 7 atom stereocenters. The van der Waals surface area contributed by atoms with Crippen LogP contribution in [0.25, 0.3) is 0 Å². The number of halogens is 1. The minimum absolute atomic E-state index is 0. The Kier molecular flexibility index (Phi) is 42.1. The van der Waals surface area contributed by atoms with E-state index < -0.39 is 18.0 Å². The maximum absolute atomic E-state index is 13.0. The molecule has 8 aliphatic rings. The summed E-state index contributed by atoms with van der Waals surface area (Å²) in [6.07, 6.45) is 9.90. The Labute approximate surface area is 778 Å². The van der Waals surface area contributed by atoms with Gasteiger partial charge in [-0.05, 0) is 372 Å². The molecule has 3 amide bonds. The lowest BCUT2D eigenvalue weighted by Crippen LogP contribution is -2.37. The van der Waals surface area contributed by atoms with E-state index in [1.165, 1.54) is 80.1 Å². The van der Waals surface area contributed by atoms with E-state index in [2.05, 4.69) is 91.3 Å². The molecule has 24 heteroatoms. The average Bonchev–Trinajstić information content (AvgIpc) is 0.749. The molecule has 23 nitrogen and oxygen atoms in total. The Morgan fingerprint density at radius 2 is 0.822 bits per heavy atom. The highest BCUT2D eigenvalue weighted by atomic mass is 79.9. The molecule has 0 aromatic heterocycles. The molecule has 0 unspecified atom stereocenters. The van der Waals surface area contributed by atoms with Gasteiger partial charge in [0.1, 0.15) is 53.3 Å². The number of aryl methyl sites for hydroxylation is 5. The van der Waals surface area contributed by atoms with Gasteiger partial charge in [0.25, 0.3) is 0 Å². The molecule has 0 radical (unpaired) electrons. The van der Waals surface area contributed by atoms with Crippen LogP contribution in [0.2, 0.25) is 0 Å². The van der Waals surface area contributed by atoms with Crippen molar-refractivity contribution in [3.8, 4) is 34.5 Å². The number of methoxy groups -OCH3 is 1. The van der Waals surface area contributed by atoms with Crippen molar-refractivity contribution >= 4 is 53.1 Å².